The van der Waals surface area contributed by atoms with Gasteiger partial charge in [-0.1, -0.05) is 42.5 Å². The number of amides is 1. The third kappa shape index (κ3) is 5.20. The summed E-state index contributed by atoms with van der Waals surface area (Å²) in [7, 11) is 0. The van der Waals surface area contributed by atoms with Gasteiger partial charge in [-0.25, -0.2) is 4.79 Å². The minimum absolute atomic E-state index is 0.224. The summed E-state index contributed by atoms with van der Waals surface area (Å²) >= 11 is 0. The lowest BCUT2D eigenvalue weighted by molar-refractivity contribution is -0.313. The molecular weight excluding hydrogens is 386 g/mol. The lowest BCUT2D eigenvalue weighted by Gasteiger charge is -2.28. The first-order chi connectivity index (χ1) is 14.5. The Kier molecular flexibility index (Phi) is 6.75. The lowest BCUT2D eigenvalue weighted by Crippen LogP contribution is -2.41. The Balaban J connectivity index is 1.56. The zero-order valence-electron chi connectivity index (χ0n) is 16.1. The van der Waals surface area contributed by atoms with E-state index >= 15 is 0 Å². The van der Waals surface area contributed by atoms with Crippen LogP contribution in [0.25, 0.3) is 0 Å². The number of Topliss-reactive ketones (excluding diaryl/α,β-unsaturated/α-hetero) is 1. The standard InChI is InChI=1S/C23H21NO6/c25-20(15-6-2-1-3-7-15)14-30-23(29)16-10-12-17(13-11-16)24-21(26)18-8-4-5-9-19(18)22(27)28/h1-7,10-13,18-19H,8-9,14H2,(H,24,26)(H,27,28)/p-1/t18-,19-/m1/s1. The Morgan fingerprint density at radius 1 is 0.867 bits per heavy atom. The van der Waals surface area contributed by atoms with Crippen molar-refractivity contribution in [3.8, 4) is 0 Å². The van der Waals surface area contributed by atoms with Crippen molar-refractivity contribution < 1.29 is 29.0 Å². The molecule has 2 aromatic carbocycles. The van der Waals surface area contributed by atoms with Crippen LogP contribution in [0.5, 0.6) is 0 Å². The molecule has 0 fully saturated rings. The number of rotatable bonds is 7. The van der Waals surface area contributed by atoms with Gasteiger partial charge in [0, 0.05) is 23.1 Å². The topological polar surface area (TPSA) is 113 Å². The summed E-state index contributed by atoms with van der Waals surface area (Å²) in [6, 6.07) is 14.5. The summed E-state index contributed by atoms with van der Waals surface area (Å²) in [5.74, 6) is -4.22. The van der Waals surface area contributed by atoms with Gasteiger partial charge in [0.2, 0.25) is 5.91 Å². The number of carboxylic acid groups (broad SMARTS) is 1. The fraction of sp³-hybridized carbons (Fsp3) is 0.217. The van der Waals surface area contributed by atoms with Gasteiger partial charge in [-0.15, -0.1) is 0 Å². The van der Waals surface area contributed by atoms with Crippen molar-refractivity contribution in [1.29, 1.82) is 0 Å². The second-order valence-corrected chi connectivity index (χ2v) is 6.91. The predicted octanol–water partition coefficient (Wildman–Crippen LogP) is 2.00. The minimum Gasteiger partial charge on any atom is -0.550 e. The van der Waals surface area contributed by atoms with E-state index in [-0.39, 0.29) is 24.4 Å². The molecule has 154 valence electrons. The summed E-state index contributed by atoms with van der Waals surface area (Å²) < 4.78 is 5.05. The lowest BCUT2D eigenvalue weighted by atomic mass is 9.82. The number of carboxylic acids is 1. The molecule has 0 saturated carbocycles. The van der Waals surface area contributed by atoms with E-state index in [1.54, 1.807) is 42.5 Å². The third-order valence-electron chi connectivity index (χ3n) is 4.89. The second kappa shape index (κ2) is 9.65. The number of anilines is 1. The molecular formula is C23H20NO6-. The van der Waals surface area contributed by atoms with E-state index in [1.807, 2.05) is 0 Å². The number of nitrogens with one attached hydrogen (secondary N) is 1. The molecule has 3 rings (SSSR count). The molecule has 1 N–H and O–H groups in total. The highest BCUT2D eigenvalue weighted by molar-refractivity contribution is 5.99. The average Bonchev–Trinajstić information content (AvgIpc) is 2.78. The van der Waals surface area contributed by atoms with Crippen LogP contribution in [0.1, 0.15) is 33.6 Å². The Hall–Kier alpha value is -3.74. The molecule has 0 radical (unpaired) electrons. The first-order valence-electron chi connectivity index (χ1n) is 9.48. The summed E-state index contributed by atoms with van der Waals surface area (Å²) in [6.45, 7) is -0.374. The highest BCUT2D eigenvalue weighted by atomic mass is 16.5. The van der Waals surface area contributed by atoms with E-state index in [0.29, 0.717) is 17.7 Å². The Morgan fingerprint density at radius 2 is 1.50 bits per heavy atom. The molecule has 1 amide bonds. The van der Waals surface area contributed by atoms with Gasteiger partial charge < -0.3 is 20.0 Å². The van der Waals surface area contributed by atoms with E-state index in [0.717, 1.165) is 0 Å². The van der Waals surface area contributed by atoms with Gasteiger partial charge in [0.05, 0.1) is 11.5 Å². The van der Waals surface area contributed by atoms with E-state index in [9.17, 15) is 24.3 Å². The van der Waals surface area contributed by atoms with Crippen LogP contribution in [0.2, 0.25) is 0 Å². The van der Waals surface area contributed by atoms with Crippen molar-refractivity contribution >= 4 is 29.3 Å². The molecule has 0 bridgehead atoms. The van der Waals surface area contributed by atoms with Crippen molar-refractivity contribution in [2.24, 2.45) is 11.8 Å². The first-order valence-corrected chi connectivity index (χ1v) is 9.48. The quantitative estimate of drug-likeness (QED) is 0.428. The van der Waals surface area contributed by atoms with Crippen LogP contribution < -0.4 is 10.4 Å². The van der Waals surface area contributed by atoms with Crippen LogP contribution in [-0.2, 0) is 14.3 Å². The van der Waals surface area contributed by atoms with Crippen LogP contribution in [0.3, 0.4) is 0 Å². The molecule has 0 aliphatic heterocycles. The molecule has 30 heavy (non-hydrogen) atoms. The number of aliphatic carboxylic acids is 1. The normalized spacial score (nSPS) is 17.7. The van der Waals surface area contributed by atoms with Gasteiger partial charge in [-0.05, 0) is 37.1 Å². The Bertz CT molecular complexity index is 965. The number of benzene rings is 2. The second-order valence-electron chi connectivity index (χ2n) is 6.91. The number of allylic oxidation sites excluding steroid dienone is 2. The molecule has 1 aliphatic carbocycles. The molecule has 0 spiro atoms. The number of esters is 1. The van der Waals surface area contributed by atoms with Crippen LogP contribution in [0, 0.1) is 11.8 Å². The summed E-state index contributed by atoms with van der Waals surface area (Å²) in [5.41, 5.74) is 1.10. The molecule has 7 heteroatoms. The predicted molar refractivity (Wildman–Crippen MR) is 106 cm³/mol. The minimum atomic E-state index is -1.25. The van der Waals surface area contributed by atoms with Gasteiger partial charge in [-0.3, -0.25) is 9.59 Å². The average molecular weight is 406 g/mol. The third-order valence-corrected chi connectivity index (χ3v) is 4.89. The van der Waals surface area contributed by atoms with Crippen LogP contribution >= 0.6 is 0 Å². The molecule has 1 aliphatic rings. The zero-order valence-corrected chi connectivity index (χ0v) is 16.1. The van der Waals surface area contributed by atoms with Gasteiger partial charge in [0.25, 0.3) is 0 Å². The van der Waals surface area contributed by atoms with E-state index in [2.05, 4.69) is 5.32 Å². The summed E-state index contributed by atoms with van der Waals surface area (Å²) in [4.78, 5) is 47.8. The van der Waals surface area contributed by atoms with Crippen molar-refractivity contribution in [3.05, 3.63) is 77.9 Å². The van der Waals surface area contributed by atoms with Crippen molar-refractivity contribution in [3.63, 3.8) is 0 Å². The fourth-order valence-electron chi connectivity index (χ4n) is 3.21. The maximum Gasteiger partial charge on any atom is 0.338 e. The maximum absolute atomic E-state index is 12.4. The van der Waals surface area contributed by atoms with Gasteiger partial charge in [0.15, 0.2) is 12.4 Å². The number of hydrogen-bond donors (Lipinski definition) is 1. The Morgan fingerprint density at radius 3 is 2.13 bits per heavy atom. The zero-order chi connectivity index (χ0) is 21.5. The number of ketones is 1. The van der Waals surface area contributed by atoms with Crippen molar-refractivity contribution in [2.75, 3.05) is 11.9 Å². The van der Waals surface area contributed by atoms with Crippen LogP contribution in [0.4, 0.5) is 5.69 Å². The highest BCUT2D eigenvalue weighted by Crippen LogP contribution is 2.26. The number of carbonyl (C=O) groups excluding carboxylic acids is 4. The summed E-state index contributed by atoms with van der Waals surface area (Å²) in [5, 5.41) is 13.9. The maximum atomic E-state index is 12.4. The fourth-order valence-corrected chi connectivity index (χ4v) is 3.21. The molecule has 0 unspecified atom stereocenters. The largest absolute Gasteiger partial charge is 0.550 e. The Labute approximate surface area is 173 Å². The highest BCUT2D eigenvalue weighted by Gasteiger charge is 2.29. The number of carbonyl (C=O) groups is 4. The van der Waals surface area contributed by atoms with Crippen LogP contribution in [0.15, 0.2) is 66.7 Å². The van der Waals surface area contributed by atoms with Crippen molar-refractivity contribution in [2.45, 2.75) is 12.8 Å². The molecule has 7 nitrogen and oxygen atoms in total. The van der Waals surface area contributed by atoms with Gasteiger partial charge in [0.1, 0.15) is 0 Å². The van der Waals surface area contributed by atoms with E-state index in [4.69, 9.17) is 4.74 Å². The van der Waals surface area contributed by atoms with E-state index < -0.39 is 29.7 Å². The molecule has 0 heterocycles. The molecule has 0 saturated heterocycles. The van der Waals surface area contributed by atoms with Crippen molar-refractivity contribution in [1.82, 2.24) is 0 Å². The number of hydrogen-bond acceptors (Lipinski definition) is 6. The summed E-state index contributed by atoms with van der Waals surface area (Å²) in [6.07, 6.45) is 4.09. The van der Waals surface area contributed by atoms with Gasteiger partial charge in [-0.2, -0.15) is 0 Å². The number of ether oxygens (including phenoxy) is 1. The SMILES string of the molecule is O=C(COC(=O)c1ccc(NC(=O)[C@@H]2CC=CC[C@H]2C(=O)[O-])cc1)c1ccccc1. The smallest absolute Gasteiger partial charge is 0.338 e. The molecule has 2 aromatic rings. The van der Waals surface area contributed by atoms with Gasteiger partial charge >= 0.3 is 5.97 Å². The van der Waals surface area contributed by atoms with Crippen LogP contribution in [-0.4, -0.2) is 30.2 Å². The molecule has 2 atom stereocenters. The monoisotopic (exact) mass is 406 g/mol. The first kappa shape index (κ1) is 21.0. The molecule has 0 aromatic heterocycles. The van der Waals surface area contributed by atoms with E-state index in [1.165, 1.54) is 24.3 Å².